The number of aromatic amines is 1. The lowest BCUT2D eigenvalue weighted by atomic mass is 10.0. The van der Waals surface area contributed by atoms with Crippen LogP contribution in [0.15, 0.2) is 24.5 Å². The molecule has 4 rings (SSSR count). The summed E-state index contributed by atoms with van der Waals surface area (Å²) in [4.78, 5) is 6.57. The minimum Gasteiger partial charge on any atom is -0.376 e. The number of nitrogens with zero attached hydrogens (tertiary/aromatic N) is 6. The zero-order valence-corrected chi connectivity index (χ0v) is 13.9. The van der Waals surface area contributed by atoms with Gasteiger partial charge in [0.1, 0.15) is 17.7 Å². The van der Waals surface area contributed by atoms with Gasteiger partial charge in [-0.2, -0.15) is 5.10 Å². The third kappa shape index (κ3) is 2.90. The molecule has 0 bridgehead atoms. The highest BCUT2D eigenvalue weighted by Crippen LogP contribution is 2.29. The van der Waals surface area contributed by atoms with Crippen molar-refractivity contribution in [3.05, 3.63) is 35.9 Å². The fourth-order valence-corrected chi connectivity index (χ4v) is 3.40. The molecule has 0 aliphatic carbocycles. The topological polar surface area (TPSA) is 84.8 Å². The first-order valence-corrected chi connectivity index (χ1v) is 8.14. The van der Waals surface area contributed by atoms with E-state index in [0.29, 0.717) is 0 Å². The van der Waals surface area contributed by atoms with Gasteiger partial charge in [-0.15, -0.1) is 5.10 Å². The molecule has 0 amide bonds. The molecule has 1 saturated heterocycles. The van der Waals surface area contributed by atoms with Gasteiger partial charge in [0.25, 0.3) is 0 Å². The second-order valence-electron chi connectivity index (χ2n) is 6.41. The molecular formula is C16H21N7O. The van der Waals surface area contributed by atoms with E-state index in [1.54, 1.807) is 11.0 Å². The zero-order valence-electron chi connectivity index (χ0n) is 13.9. The largest absolute Gasteiger partial charge is 0.376 e. The summed E-state index contributed by atoms with van der Waals surface area (Å²) in [5.74, 6) is 1.21. The fourth-order valence-electron chi connectivity index (χ4n) is 3.40. The van der Waals surface area contributed by atoms with E-state index in [9.17, 15) is 0 Å². The van der Waals surface area contributed by atoms with Crippen molar-refractivity contribution in [3.8, 4) is 0 Å². The van der Waals surface area contributed by atoms with Crippen LogP contribution in [0.5, 0.6) is 0 Å². The van der Waals surface area contributed by atoms with Crippen LogP contribution in [-0.2, 0) is 18.3 Å². The molecular weight excluding hydrogens is 306 g/mol. The van der Waals surface area contributed by atoms with Crippen LogP contribution in [0, 0.1) is 0 Å². The summed E-state index contributed by atoms with van der Waals surface area (Å²) in [5, 5.41) is 15.2. The molecule has 8 nitrogen and oxygen atoms in total. The van der Waals surface area contributed by atoms with E-state index in [1.165, 1.54) is 5.56 Å². The van der Waals surface area contributed by atoms with Gasteiger partial charge in [0.05, 0.1) is 11.6 Å². The minimum absolute atomic E-state index is 0.142. The number of hydrogen-bond acceptors (Lipinski definition) is 6. The Labute approximate surface area is 139 Å². The lowest BCUT2D eigenvalue weighted by Gasteiger charge is -2.23. The maximum Gasteiger partial charge on any atom is 0.137 e. The molecule has 2 atom stereocenters. The second-order valence-corrected chi connectivity index (χ2v) is 6.41. The number of hydrogen-bond donors (Lipinski definition) is 1. The van der Waals surface area contributed by atoms with E-state index in [-0.39, 0.29) is 12.0 Å². The van der Waals surface area contributed by atoms with Crippen LogP contribution in [0.4, 0.5) is 0 Å². The highest BCUT2D eigenvalue weighted by Gasteiger charge is 2.32. The molecule has 3 heterocycles. The fraction of sp³-hybridized carbons (Fsp3) is 0.500. The Hall–Kier alpha value is -2.32. The molecule has 24 heavy (non-hydrogen) atoms. The van der Waals surface area contributed by atoms with Crippen molar-refractivity contribution < 1.29 is 4.74 Å². The van der Waals surface area contributed by atoms with Crippen LogP contribution in [-0.4, -0.2) is 61.4 Å². The number of H-pyrrole nitrogens is 1. The SMILES string of the molecule is CN(Cc1ccc2c(c1)nnn2C)C[C@H]1OCC[C@H]1c1ncn[nH]1. The number of likely N-dealkylation sites (N-methyl/N-ethyl adjacent to an activating group) is 1. The third-order valence-electron chi connectivity index (χ3n) is 4.61. The molecule has 0 radical (unpaired) electrons. The van der Waals surface area contributed by atoms with E-state index in [0.717, 1.165) is 43.0 Å². The van der Waals surface area contributed by atoms with E-state index < -0.39 is 0 Å². The molecule has 0 unspecified atom stereocenters. The molecule has 2 aromatic heterocycles. The first-order chi connectivity index (χ1) is 11.7. The van der Waals surface area contributed by atoms with Crippen molar-refractivity contribution in [1.82, 2.24) is 35.1 Å². The summed E-state index contributed by atoms with van der Waals surface area (Å²) in [7, 11) is 4.02. The molecule has 0 saturated carbocycles. The predicted molar refractivity (Wildman–Crippen MR) is 88.3 cm³/mol. The van der Waals surface area contributed by atoms with Crippen LogP contribution < -0.4 is 0 Å². The van der Waals surface area contributed by atoms with Gasteiger partial charge in [0.2, 0.25) is 0 Å². The summed E-state index contributed by atoms with van der Waals surface area (Å²) in [6.45, 7) is 2.47. The van der Waals surface area contributed by atoms with Crippen LogP contribution >= 0.6 is 0 Å². The second kappa shape index (κ2) is 6.29. The Balaban J connectivity index is 1.42. The van der Waals surface area contributed by atoms with Crippen molar-refractivity contribution in [2.24, 2.45) is 7.05 Å². The van der Waals surface area contributed by atoms with Gasteiger partial charge in [-0.25, -0.2) is 9.67 Å². The van der Waals surface area contributed by atoms with E-state index in [4.69, 9.17) is 4.74 Å². The maximum absolute atomic E-state index is 5.92. The van der Waals surface area contributed by atoms with Crippen molar-refractivity contribution >= 4 is 11.0 Å². The average Bonchev–Trinajstić information content (AvgIpc) is 3.28. The van der Waals surface area contributed by atoms with Gasteiger partial charge in [-0.3, -0.25) is 10.00 Å². The van der Waals surface area contributed by atoms with Crippen molar-refractivity contribution in [3.63, 3.8) is 0 Å². The predicted octanol–water partition coefficient (Wildman–Crippen LogP) is 1.09. The normalized spacial score (nSPS) is 21.1. The monoisotopic (exact) mass is 327 g/mol. The molecule has 3 aromatic rings. The quantitative estimate of drug-likeness (QED) is 0.755. The lowest BCUT2D eigenvalue weighted by molar-refractivity contribution is 0.0711. The number of aromatic nitrogens is 6. The zero-order chi connectivity index (χ0) is 16.5. The van der Waals surface area contributed by atoms with E-state index >= 15 is 0 Å². The molecule has 8 heteroatoms. The average molecular weight is 327 g/mol. The summed E-state index contributed by atoms with van der Waals surface area (Å²) in [6, 6.07) is 6.30. The Bertz CT molecular complexity index is 813. The van der Waals surface area contributed by atoms with Crippen LogP contribution in [0.2, 0.25) is 0 Å². The van der Waals surface area contributed by atoms with E-state index in [2.05, 4.69) is 55.6 Å². The minimum atomic E-state index is 0.142. The summed E-state index contributed by atoms with van der Waals surface area (Å²) < 4.78 is 7.71. The van der Waals surface area contributed by atoms with Crippen molar-refractivity contribution in [2.45, 2.75) is 25.0 Å². The molecule has 1 aliphatic rings. The number of ether oxygens (including phenoxy) is 1. The van der Waals surface area contributed by atoms with Gasteiger partial charge in [0, 0.05) is 32.7 Å². The first-order valence-electron chi connectivity index (χ1n) is 8.14. The summed E-state index contributed by atoms with van der Waals surface area (Å²) >= 11 is 0. The Morgan fingerprint density at radius 3 is 3.17 bits per heavy atom. The number of fused-ring (bicyclic) bond motifs is 1. The molecule has 126 valence electrons. The standard InChI is InChI=1S/C16H21N7O/c1-22(8-11-3-4-14-13(7-11)19-21-23(14)2)9-15-12(5-6-24-15)16-17-10-18-20-16/h3-4,7,10,12,15H,5-6,8-9H2,1-2H3,(H,17,18,20)/t12-,15-/m1/s1. The van der Waals surface area contributed by atoms with Crippen molar-refractivity contribution in [1.29, 1.82) is 0 Å². The number of nitrogens with one attached hydrogen (secondary N) is 1. The highest BCUT2D eigenvalue weighted by atomic mass is 16.5. The molecule has 1 aliphatic heterocycles. The number of rotatable bonds is 5. The number of aryl methyl sites for hydroxylation is 1. The third-order valence-corrected chi connectivity index (χ3v) is 4.61. The summed E-state index contributed by atoms with van der Waals surface area (Å²) in [6.07, 6.45) is 2.69. The Morgan fingerprint density at radius 2 is 2.33 bits per heavy atom. The van der Waals surface area contributed by atoms with Crippen LogP contribution in [0.1, 0.15) is 23.7 Å². The molecule has 0 spiro atoms. The Morgan fingerprint density at radius 1 is 1.42 bits per heavy atom. The lowest BCUT2D eigenvalue weighted by Crippen LogP contribution is -2.32. The molecule has 1 fully saturated rings. The van der Waals surface area contributed by atoms with Gasteiger partial charge < -0.3 is 4.74 Å². The van der Waals surface area contributed by atoms with Crippen LogP contribution in [0.3, 0.4) is 0 Å². The van der Waals surface area contributed by atoms with Gasteiger partial charge in [-0.05, 0) is 31.2 Å². The first kappa shape index (κ1) is 15.2. The van der Waals surface area contributed by atoms with Gasteiger partial charge in [0.15, 0.2) is 0 Å². The number of benzene rings is 1. The molecule has 1 aromatic carbocycles. The Kier molecular flexibility index (Phi) is 3.99. The maximum atomic E-state index is 5.92. The summed E-state index contributed by atoms with van der Waals surface area (Å²) in [5.41, 5.74) is 3.20. The molecule has 1 N–H and O–H groups in total. The van der Waals surface area contributed by atoms with Crippen LogP contribution in [0.25, 0.3) is 11.0 Å². The highest BCUT2D eigenvalue weighted by molar-refractivity contribution is 5.74. The van der Waals surface area contributed by atoms with Gasteiger partial charge >= 0.3 is 0 Å². The van der Waals surface area contributed by atoms with Crippen molar-refractivity contribution in [2.75, 3.05) is 20.2 Å². The van der Waals surface area contributed by atoms with Gasteiger partial charge in [-0.1, -0.05) is 11.3 Å². The van der Waals surface area contributed by atoms with E-state index in [1.807, 2.05) is 7.05 Å². The smallest absolute Gasteiger partial charge is 0.137 e.